The molecule has 4 heteroatoms. The Bertz CT molecular complexity index is 453. The summed E-state index contributed by atoms with van der Waals surface area (Å²) in [5.74, 6) is 1.15. The van der Waals surface area contributed by atoms with E-state index in [1.807, 2.05) is 11.8 Å². The van der Waals surface area contributed by atoms with Crippen LogP contribution in [0.5, 0.6) is 0 Å². The Labute approximate surface area is 111 Å². The number of rotatable bonds is 4. The highest BCUT2D eigenvalue weighted by atomic mass is 79.9. The maximum atomic E-state index is 4.53. The minimum absolute atomic E-state index is 0. The van der Waals surface area contributed by atoms with E-state index in [-0.39, 0.29) is 17.0 Å². The van der Waals surface area contributed by atoms with E-state index in [1.165, 1.54) is 18.4 Å². The molecular formula is C12H17BrN2S. The third kappa shape index (κ3) is 3.25. The fourth-order valence-electron chi connectivity index (χ4n) is 1.48. The molecule has 2 nitrogen and oxygen atoms in total. The van der Waals surface area contributed by atoms with Gasteiger partial charge in [-0.1, -0.05) is 31.2 Å². The van der Waals surface area contributed by atoms with Gasteiger partial charge in [0.15, 0.2) is 5.16 Å². The number of imidazole rings is 1. The van der Waals surface area contributed by atoms with Gasteiger partial charge in [0, 0.05) is 5.75 Å². The molecule has 88 valence electrons. The minimum Gasteiger partial charge on any atom is -0.333 e. The normalized spacial score (nSPS) is 10.4. The van der Waals surface area contributed by atoms with Crippen molar-refractivity contribution in [2.45, 2.75) is 31.8 Å². The third-order valence-electron chi connectivity index (χ3n) is 2.35. The number of benzene rings is 1. The first kappa shape index (κ1) is 13.6. The lowest BCUT2D eigenvalue weighted by atomic mass is 10.2. The Morgan fingerprint density at radius 1 is 1.38 bits per heavy atom. The Morgan fingerprint density at radius 3 is 2.94 bits per heavy atom. The van der Waals surface area contributed by atoms with Crippen molar-refractivity contribution in [1.29, 1.82) is 0 Å². The molecule has 1 N–H and O–H groups in total. The van der Waals surface area contributed by atoms with Crippen LogP contribution in [0.4, 0.5) is 0 Å². The Balaban J connectivity index is 0.00000128. The van der Waals surface area contributed by atoms with Gasteiger partial charge in [0.05, 0.1) is 11.0 Å². The number of aromatic amines is 1. The monoisotopic (exact) mass is 300 g/mol. The SMILES string of the molecule is Br.CCCCSc1nc2ccc(C)cc2[nH]1. The summed E-state index contributed by atoms with van der Waals surface area (Å²) in [7, 11) is 0. The predicted octanol–water partition coefficient (Wildman–Crippen LogP) is 4.34. The van der Waals surface area contributed by atoms with Crippen LogP contribution < -0.4 is 0 Å². The molecule has 1 aromatic heterocycles. The van der Waals surface area contributed by atoms with Crippen LogP contribution in [0.2, 0.25) is 0 Å². The van der Waals surface area contributed by atoms with Crippen LogP contribution >= 0.6 is 28.7 Å². The van der Waals surface area contributed by atoms with Crippen molar-refractivity contribution >= 4 is 39.8 Å². The fourth-order valence-corrected chi connectivity index (χ4v) is 2.45. The first-order valence-electron chi connectivity index (χ1n) is 5.39. The predicted molar refractivity (Wildman–Crippen MR) is 76.8 cm³/mol. The van der Waals surface area contributed by atoms with Crippen molar-refractivity contribution < 1.29 is 0 Å². The van der Waals surface area contributed by atoms with E-state index < -0.39 is 0 Å². The Hall–Kier alpha value is -0.480. The van der Waals surface area contributed by atoms with E-state index in [0.717, 1.165) is 21.9 Å². The van der Waals surface area contributed by atoms with E-state index in [1.54, 1.807) is 0 Å². The zero-order valence-electron chi connectivity index (χ0n) is 9.62. The molecular weight excluding hydrogens is 284 g/mol. The van der Waals surface area contributed by atoms with Crippen LogP contribution in [0.25, 0.3) is 11.0 Å². The van der Waals surface area contributed by atoms with Gasteiger partial charge in [-0.25, -0.2) is 4.98 Å². The van der Waals surface area contributed by atoms with Crippen molar-refractivity contribution in [2.75, 3.05) is 5.75 Å². The van der Waals surface area contributed by atoms with Gasteiger partial charge in [-0.15, -0.1) is 17.0 Å². The highest BCUT2D eigenvalue weighted by Gasteiger charge is 2.02. The van der Waals surface area contributed by atoms with Crippen LogP contribution in [-0.2, 0) is 0 Å². The first-order valence-corrected chi connectivity index (χ1v) is 6.37. The van der Waals surface area contributed by atoms with Crippen LogP contribution in [-0.4, -0.2) is 15.7 Å². The second-order valence-electron chi connectivity index (χ2n) is 3.76. The topological polar surface area (TPSA) is 28.7 Å². The molecule has 0 amide bonds. The Kier molecular flexibility index (Phi) is 5.35. The summed E-state index contributed by atoms with van der Waals surface area (Å²) >= 11 is 1.81. The first-order chi connectivity index (χ1) is 7.29. The van der Waals surface area contributed by atoms with Gasteiger partial charge in [-0.05, 0) is 31.0 Å². The molecule has 0 radical (unpaired) electrons. The fraction of sp³-hybridized carbons (Fsp3) is 0.417. The highest BCUT2D eigenvalue weighted by Crippen LogP contribution is 2.20. The molecule has 0 unspecified atom stereocenters. The van der Waals surface area contributed by atoms with Gasteiger partial charge >= 0.3 is 0 Å². The summed E-state index contributed by atoms with van der Waals surface area (Å²) in [6.07, 6.45) is 2.49. The number of hydrogen-bond acceptors (Lipinski definition) is 2. The van der Waals surface area contributed by atoms with Gasteiger partial charge in [-0.3, -0.25) is 0 Å². The molecule has 1 heterocycles. The summed E-state index contributed by atoms with van der Waals surface area (Å²) in [4.78, 5) is 7.88. The van der Waals surface area contributed by atoms with Crippen LogP contribution in [0.3, 0.4) is 0 Å². The lowest BCUT2D eigenvalue weighted by molar-refractivity contribution is 0.893. The number of nitrogens with zero attached hydrogens (tertiary/aromatic N) is 1. The summed E-state index contributed by atoms with van der Waals surface area (Å²) in [5, 5.41) is 1.05. The molecule has 0 saturated heterocycles. The number of fused-ring (bicyclic) bond motifs is 1. The number of thioether (sulfide) groups is 1. The summed E-state index contributed by atoms with van der Waals surface area (Å²) in [6, 6.07) is 6.32. The number of hydrogen-bond donors (Lipinski definition) is 1. The molecule has 2 aromatic rings. The second-order valence-corrected chi connectivity index (χ2v) is 4.85. The quantitative estimate of drug-likeness (QED) is 0.672. The maximum Gasteiger partial charge on any atom is 0.166 e. The van der Waals surface area contributed by atoms with Gasteiger partial charge in [0.2, 0.25) is 0 Å². The van der Waals surface area contributed by atoms with Crippen molar-refractivity contribution in [3.05, 3.63) is 23.8 Å². The number of halogens is 1. The molecule has 0 aliphatic rings. The van der Waals surface area contributed by atoms with Crippen molar-refractivity contribution in [3.63, 3.8) is 0 Å². The average molecular weight is 301 g/mol. The molecule has 0 atom stereocenters. The third-order valence-corrected chi connectivity index (χ3v) is 3.31. The minimum atomic E-state index is 0. The maximum absolute atomic E-state index is 4.53. The summed E-state index contributed by atoms with van der Waals surface area (Å²) < 4.78 is 0. The number of unbranched alkanes of at least 4 members (excludes halogenated alkanes) is 1. The van der Waals surface area contributed by atoms with E-state index in [4.69, 9.17) is 0 Å². The molecule has 0 aliphatic heterocycles. The lowest BCUT2D eigenvalue weighted by Gasteiger charge is -1.93. The van der Waals surface area contributed by atoms with E-state index >= 15 is 0 Å². The van der Waals surface area contributed by atoms with Gasteiger partial charge in [0.1, 0.15) is 0 Å². The lowest BCUT2D eigenvalue weighted by Crippen LogP contribution is -1.79. The molecule has 0 bridgehead atoms. The number of H-pyrrole nitrogens is 1. The number of aryl methyl sites for hydroxylation is 1. The van der Waals surface area contributed by atoms with Crippen molar-refractivity contribution in [1.82, 2.24) is 9.97 Å². The van der Waals surface area contributed by atoms with E-state index in [2.05, 4.69) is 42.0 Å². The van der Waals surface area contributed by atoms with Crippen molar-refractivity contribution in [2.24, 2.45) is 0 Å². The average Bonchev–Trinajstić information content (AvgIpc) is 2.60. The standard InChI is InChI=1S/C12H16N2S.BrH/c1-3-4-7-15-12-13-10-6-5-9(2)8-11(10)14-12;/h5-6,8H,3-4,7H2,1-2H3,(H,13,14);1H. The summed E-state index contributed by atoms with van der Waals surface area (Å²) in [6.45, 7) is 4.31. The van der Waals surface area contributed by atoms with Crippen LogP contribution in [0, 0.1) is 6.92 Å². The number of nitrogens with one attached hydrogen (secondary N) is 1. The molecule has 1 aromatic carbocycles. The van der Waals surface area contributed by atoms with E-state index in [9.17, 15) is 0 Å². The largest absolute Gasteiger partial charge is 0.333 e. The zero-order chi connectivity index (χ0) is 10.7. The van der Waals surface area contributed by atoms with Gasteiger partial charge < -0.3 is 4.98 Å². The van der Waals surface area contributed by atoms with Crippen LogP contribution in [0.15, 0.2) is 23.4 Å². The van der Waals surface area contributed by atoms with Gasteiger partial charge in [-0.2, -0.15) is 0 Å². The highest BCUT2D eigenvalue weighted by molar-refractivity contribution is 8.93. The molecule has 0 saturated carbocycles. The molecule has 0 spiro atoms. The second kappa shape index (κ2) is 6.30. The number of aromatic nitrogens is 2. The molecule has 0 fully saturated rings. The zero-order valence-corrected chi connectivity index (χ0v) is 12.1. The van der Waals surface area contributed by atoms with Crippen molar-refractivity contribution in [3.8, 4) is 0 Å². The van der Waals surface area contributed by atoms with Gasteiger partial charge in [0.25, 0.3) is 0 Å². The Morgan fingerprint density at radius 2 is 2.19 bits per heavy atom. The molecule has 2 rings (SSSR count). The van der Waals surface area contributed by atoms with Crippen LogP contribution in [0.1, 0.15) is 25.3 Å². The molecule has 16 heavy (non-hydrogen) atoms. The summed E-state index contributed by atoms with van der Waals surface area (Å²) in [5.41, 5.74) is 3.49. The molecule has 0 aliphatic carbocycles. The smallest absolute Gasteiger partial charge is 0.166 e. The van der Waals surface area contributed by atoms with E-state index in [0.29, 0.717) is 0 Å².